The molecule has 0 bridgehead atoms. The summed E-state index contributed by atoms with van der Waals surface area (Å²) in [4.78, 5) is 11.7. The number of amides is 1. The van der Waals surface area contributed by atoms with Gasteiger partial charge in [-0.05, 0) is 36.8 Å². The summed E-state index contributed by atoms with van der Waals surface area (Å²) in [6.07, 6.45) is 1.63. The number of hydrogen-bond donors (Lipinski definition) is 2. The molecule has 0 atom stereocenters. The van der Waals surface area contributed by atoms with E-state index in [1.54, 1.807) is 12.3 Å². The Hall–Kier alpha value is -1.88. The van der Waals surface area contributed by atoms with Crippen LogP contribution in [-0.2, 0) is 10.5 Å². The summed E-state index contributed by atoms with van der Waals surface area (Å²) >= 11 is 1.51. The molecule has 0 spiro atoms. The number of furan rings is 1. The molecule has 19 heavy (non-hydrogen) atoms. The zero-order valence-corrected chi connectivity index (χ0v) is 11.5. The highest BCUT2D eigenvalue weighted by atomic mass is 32.2. The van der Waals surface area contributed by atoms with Crippen LogP contribution in [0.25, 0.3) is 0 Å². The monoisotopic (exact) mass is 276 g/mol. The normalized spacial score (nSPS) is 10.4. The SMILES string of the molecule is Cc1ccc(NC(=O)CSCc2ccco2)cc1N. The maximum absolute atomic E-state index is 11.7. The van der Waals surface area contributed by atoms with Crippen LogP contribution < -0.4 is 11.1 Å². The Morgan fingerprint density at radius 1 is 1.42 bits per heavy atom. The van der Waals surface area contributed by atoms with Gasteiger partial charge in [0, 0.05) is 11.4 Å². The second-order valence-electron chi connectivity index (χ2n) is 4.19. The van der Waals surface area contributed by atoms with Gasteiger partial charge in [-0.2, -0.15) is 0 Å². The summed E-state index contributed by atoms with van der Waals surface area (Å²) in [6, 6.07) is 9.24. The molecule has 1 amide bonds. The first-order valence-electron chi connectivity index (χ1n) is 5.91. The van der Waals surface area contributed by atoms with Crippen molar-refractivity contribution in [1.29, 1.82) is 0 Å². The van der Waals surface area contributed by atoms with E-state index < -0.39 is 0 Å². The minimum absolute atomic E-state index is 0.0418. The zero-order chi connectivity index (χ0) is 13.7. The molecule has 0 fully saturated rings. The van der Waals surface area contributed by atoms with E-state index in [0.717, 1.165) is 17.0 Å². The van der Waals surface area contributed by atoms with Crippen molar-refractivity contribution in [3.8, 4) is 0 Å². The van der Waals surface area contributed by atoms with Crippen LogP contribution in [0, 0.1) is 6.92 Å². The molecule has 2 rings (SSSR count). The molecule has 3 N–H and O–H groups in total. The van der Waals surface area contributed by atoms with Crippen LogP contribution in [-0.4, -0.2) is 11.7 Å². The summed E-state index contributed by atoms with van der Waals surface area (Å²) < 4.78 is 5.19. The lowest BCUT2D eigenvalue weighted by molar-refractivity contribution is -0.113. The molecule has 0 radical (unpaired) electrons. The maximum atomic E-state index is 11.7. The van der Waals surface area contributed by atoms with E-state index in [-0.39, 0.29) is 5.91 Å². The predicted molar refractivity (Wildman–Crippen MR) is 79.1 cm³/mol. The fourth-order valence-corrected chi connectivity index (χ4v) is 2.28. The summed E-state index contributed by atoms with van der Waals surface area (Å²) in [5.41, 5.74) is 8.21. The van der Waals surface area contributed by atoms with Gasteiger partial charge in [-0.3, -0.25) is 4.79 Å². The minimum atomic E-state index is -0.0418. The van der Waals surface area contributed by atoms with Gasteiger partial charge in [-0.25, -0.2) is 0 Å². The molecule has 0 saturated heterocycles. The number of carbonyl (C=O) groups excluding carboxylic acids is 1. The smallest absolute Gasteiger partial charge is 0.234 e. The highest BCUT2D eigenvalue weighted by Crippen LogP contribution is 2.18. The lowest BCUT2D eigenvalue weighted by Crippen LogP contribution is -2.14. The first kappa shape index (κ1) is 13.5. The first-order valence-corrected chi connectivity index (χ1v) is 7.07. The Balaban J connectivity index is 1.79. The van der Waals surface area contributed by atoms with Gasteiger partial charge >= 0.3 is 0 Å². The van der Waals surface area contributed by atoms with Gasteiger partial charge in [0.2, 0.25) is 5.91 Å². The van der Waals surface area contributed by atoms with E-state index in [2.05, 4.69) is 5.32 Å². The van der Waals surface area contributed by atoms with Crippen molar-refractivity contribution >= 4 is 29.0 Å². The van der Waals surface area contributed by atoms with E-state index in [9.17, 15) is 4.79 Å². The molecule has 1 aromatic carbocycles. The van der Waals surface area contributed by atoms with Gasteiger partial charge in [0.1, 0.15) is 5.76 Å². The maximum Gasteiger partial charge on any atom is 0.234 e. The van der Waals surface area contributed by atoms with Crippen LogP contribution in [0.5, 0.6) is 0 Å². The van der Waals surface area contributed by atoms with Gasteiger partial charge in [-0.15, -0.1) is 11.8 Å². The third-order valence-corrected chi connectivity index (χ3v) is 3.58. The average molecular weight is 276 g/mol. The molecule has 0 saturated carbocycles. The van der Waals surface area contributed by atoms with Crippen LogP contribution >= 0.6 is 11.8 Å². The molecule has 0 aliphatic heterocycles. The number of rotatable bonds is 5. The summed E-state index contributed by atoms with van der Waals surface area (Å²) in [5.74, 6) is 1.91. The molecule has 2 aromatic rings. The molecule has 0 aliphatic carbocycles. The van der Waals surface area contributed by atoms with Gasteiger partial charge in [-0.1, -0.05) is 6.07 Å². The van der Waals surface area contributed by atoms with E-state index in [4.69, 9.17) is 10.2 Å². The number of nitrogen functional groups attached to an aromatic ring is 1. The summed E-state index contributed by atoms with van der Waals surface area (Å²) in [6.45, 7) is 1.93. The lowest BCUT2D eigenvalue weighted by Gasteiger charge is -2.07. The third-order valence-electron chi connectivity index (χ3n) is 2.62. The van der Waals surface area contributed by atoms with Crippen LogP contribution in [0.2, 0.25) is 0 Å². The molecular formula is C14H16N2O2S. The largest absolute Gasteiger partial charge is 0.468 e. The number of aryl methyl sites for hydroxylation is 1. The third kappa shape index (κ3) is 4.06. The van der Waals surface area contributed by atoms with Crippen LogP contribution in [0.15, 0.2) is 41.0 Å². The number of nitrogens with one attached hydrogen (secondary N) is 1. The Kier molecular flexibility index (Phi) is 4.52. The van der Waals surface area contributed by atoms with E-state index in [1.807, 2.05) is 31.2 Å². The number of anilines is 2. The van der Waals surface area contributed by atoms with Crippen molar-refractivity contribution in [3.63, 3.8) is 0 Å². The standard InChI is InChI=1S/C14H16N2O2S/c1-10-4-5-11(7-13(10)15)16-14(17)9-19-8-12-3-2-6-18-12/h2-7H,8-9,15H2,1H3,(H,16,17). The highest BCUT2D eigenvalue weighted by Gasteiger charge is 2.05. The Morgan fingerprint density at radius 3 is 2.95 bits per heavy atom. The second kappa shape index (κ2) is 6.33. The van der Waals surface area contributed by atoms with E-state index >= 15 is 0 Å². The number of thioether (sulfide) groups is 1. The second-order valence-corrected chi connectivity index (χ2v) is 5.18. The fraction of sp³-hybridized carbons (Fsp3) is 0.214. The van der Waals surface area contributed by atoms with Crippen LogP contribution in [0.3, 0.4) is 0 Å². The van der Waals surface area contributed by atoms with Crippen LogP contribution in [0.4, 0.5) is 11.4 Å². The fourth-order valence-electron chi connectivity index (χ4n) is 1.55. The average Bonchev–Trinajstić information content (AvgIpc) is 2.87. The lowest BCUT2D eigenvalue weighted by atomic mass is 10.2. The number of hydrogen-bond acceptors (Lipinski definition) is 4. The van der Waals surface area contributed by atoms with Gasteiger partial charge < -0.3 is 15.5 Å². The number of carbonyl (C=O) groups is 1. The Labute approximate surface area is 116 Å². The highest BCUT2D eigenvalue weighted by molar-refractivity contribution is 7.99. The Bertz CT molecular complexity index is 553. The van der Waals surface area contributed by atoms with E-state index in [0.29, 0.717) is 17.2 Å². The molecule has 1 aromatic heterocycles. The number of nitrogens with two attached hydrogens (primary N) is 1. The van der Waals surface area contributed by atoms with Crippen molar-refractivity contribution in [3.05, 3.63) is 47.9 Å². The molecule has 100 valence electrons. The Morgan fingerprint density at radius 2 is 2.26 bits per heavy atom. The van der Waals surface area contributed by atoms with Gasteiger partial charge in [0.25, 0.3) is 0 Å². The van der Waals surface area contributed by atoms with Crippen molar-refractivity contribution in [2.45, 2.75) is 12.7 Å². The molecule has 1 heterocycles. The minimum Gasteiger partial charge on any atom is -0.468 e. The molecule has 0 unspecified atom stereocenters. The first-order chi connectivity index (χ1) is 9.15. The summed E-state index contributed by atoms with van der Waals surface area (Å²) in [5, 5.41) is 2.82. The molecular weight excluding hydrogens is 260 g/mol. The topological polar surface area (TPSA) is 68.3 Å². The van der Waals surface area contributed by atoms with Crippen molar-refractivity contribution < 1.29 is 9.21 Å². The van der Waals surface area contributed by atoms with Crippen molar-refractivity contribution in [2.24, 2.45) is 0 Å². The quantitative estimate of drug-likeness (QED) is 0.824. The van der Waals surface area contributed by atoms with Gasteiger partial charge in [0.05, 0.1) is 17.8 Å². The predicted octanol–water partition coefficient (Wildman–Crippen LogP) is 3.04. The van der Waals surface area contributed by atoms with Crippen LogP contribution in [0.1, 0.15) is 11.3 Å². The molecule has 0 aliphatic rings. The molecule has 4 nitrogen and oxygen atoms in total. The summed E-state index contributed by atoms with van der Waals surface area (Å²) in [7, 11) is 0. The van der Waals surface area contributed by atoms with Crippen molar-refractivity contribution in [1.82, 2.24) is 0 Å². The van der Waals surface area contributed by atoms with Crippen molar-refractivity contribution in [2.75, 3.05) is 16.8 Å². The van der Waals surface area contributed by atoms with E-state index in [1.165, 1.54) is 11.8 Å². The number of benzene rings is 1. The molecule has 5 heteroatoms. The van der Waals surface area contributed by atoms with Gasteiger partial charge in [0.15, 0.2) is 0 Å². The zero-order valence-electron chi connectivity index (χ0n) is 10.7.